The predicted octanol–water partition coefficient (Wildman–Crippen LogP) is 4.46. The van der Waals surface area contributed by atoms with Gasteiger partial charge in [0.1, 0.15) is 4.90 Å². The van der Waals surface area contributed by atoms with Crippen LogP contribution < -0.4 is 15.4 Å². The van der Waals surface area contributed by atoms with Gasteiger partial charge in [-0.2, -0.15) is 0 Å². The molecule has 1 aliphatic rings. The van der Waals surface area contributed by atoms with Crippen LogP contribution in [-0.4, -0.2) is 45.0 Å². The van der Waals surface area contributed by atoms with Crippen LogP contribution in [0.5, 0.6) is 0 Å². The lowest BCUT2D eigenvalue weighted by molar-refractivity contribution is 0.128. The lowest BCUT2D eigenvalue weighted by atomic mass is 9.98. The molecule has 180 valence electrons. The minimum atomic E-state index is -3.91. The van der Waals surface area contributed by atoms with Crippen LogP contribution in [0.15, 0.2) is 83.8 Å². The average molecular weight is 479 g/mol. The van der Waals surface area contributed by atoms with Crippen LogP contribution in [0.25, 0.3) is 0 Å². The smallest absolute Gasteiger partial charge is 0.240 e. The van der Waals surface area contributed by atoms with Gasteiger partial charge in [0.05, 0.1) is 11.7 Å². The Bertz CT molecular complexity index is 1160. The van der Waals surface area contributed by atoms with Crippen molar-refractivity contribution < 1.29 is 8.42 Å². The van der Waals surface area contributed by atoms with Gasteiger partial charge in [0.2, 0.25) is 10.0 Å². The van der Waals surface area contributed by atoms with Crippen LogP contribution in [0.2, 0.25) is 0 Å². The Kier molecular flexibility index (Phi) is 6.98. The standard InChI is InChI=1S/C27H34N4O2S/c1-27(2,3)31-18-16-30(17-19-31)23-14-15-25(34(28,32)33)24(20-23)29-26(21-10-6-4-7-11-21)22-12-8-5-9-13-22/h4-15,20,26,29H,16-19H2,1-3H3,(H2,28,32,33). The average Bonchev–Trinajstić information content (AvgIpc) is 2.82. The van der Waals surface area contributed by atoms with Crippen LogP contribution in [0.1, 0.15) is 37.9 Å². The Balaban J connectivity index is 1.69. The maximum Gasteiger partial charge on any atom is 0.240 e. The molecule has 1 heterocycles. The summed E-state index contributed by atoms with van der Waals surface area (Å²) >= 11 is 0. The van der Waals surface area contributed by atoms with Gasteiger partial charge < -0.3 is 10.2 Å². The van der Waals surface area contributed by atoms with Crippen LogP contribution in [-0.2, 0) is 10.0 Å². The fraction of sp³-hybridized carbons (Fsp3) is 0.333. The molecule has 0 bridgehead atoms. The van der Waals surface area contributed by atoms with E-state index in [2.05, 4.69) is 35.9 Å². The van der Waals surface area contributed by atoms with Crippen molar-refractivity contribution in [3.05, 3.63) is 90.0 Å². The van der Waals surface area contributed by atoms with Crippen molar-refractivity contribution >= 4 is 21.4 Å². The summed E-state index contributed by atoms with van der Waals surface area (Å²) in [5.74, 6) is 0. The van der Waals surface area contributed by atoms with Crippen molar-refractivity contribution in [2.24, 2.45) is 5.14 Å². The number of piperazine rings is 1. The van der Waals surface area contributed by atoms with E-state index in [1.807, 2.05) is 72.8 Å². The molecule has 0 aliphatic carbocycles. The fourth-order valence-electron chi connectivity index (χ4n) is 4.52. The van der Waals surface area contributed by atoms with E-state index in [0.717, 1.165) is 43.0 Å². The van der Waals surface area contributed by atoms with E-state index in [1.54, 1.807) is 6.07 Å². The summed E-state index contributed by atoms with van der Waals surface area (Å²) in [7, 11) is -3.91. The second-order valence-corrected chi connectivity index (χ2v) is 11.3. The first kappa shape index (κ1) is 24.3. The molecule has 1 saturated heterocycles. The van der Waals surface area contributed by atoms with E-state index in [-0.39, 0.29) is 16.5 Å². The zero-order valence-electron chi connectivity index (χ0n) is 20.1. The zero-order chi connectivity index (χ0) is 24.3. The van der Waals surface area contributed by atoms with Gasteiger partial charge in [0, 0.05) is 37.4 Å². The number of primary sulfonamides is 1. The Morgan fingerprint density at radius 3 is 1.82 bits per heavy atom. The topological polar surface area (TPSA) is 78.7 Å². The molecule has 3 N–H and O–H groups in total. The van der Waals surface area contributed by atoms with Crippen molar-refractivity contribution in [2.75, 3.05) is 36.4 Å². The SMILES string of the molecule is CC(C)(C)N1CCN(c2ccc(S(N)(=O)=O)c(NC(c3ccccc3)c3ccccc3)c2)CC1. The monoisotopic (exact) mass is 478 g/mol. The number of anilines is 2. The number of nitrogens with one attached hydrogen (secondary N) is 1. The van der Waals surface area contributed by atoms with Crippen LogP contribution in [0, 0.1) is 0 Å². The maximum absolute atomic E-state index is 12.5. The zero-order valence-corrected chi connectivity index (χ0v) is 20.9. The Labute approximate surface area is 203 Å². The fourth-order valence-corrected chi connectivity index (χ4v) is 5.20. The van der Waals surface area contributed by atoms with Crippen LogP contribution in [0.4, 0.5) is 11.4 Å². The Morgan fingerprint density at radius 1 is 0.824 bits per heavy atom. The van der Waals surface area contributed by atoms with Gasteiger partial charge >= 0.3 is 0 Å². The molecule has 0 radical (unpaired) electrons. The first-order chi connectivity index (χ1) is 16.1. The van der Waals surface area contributed by atoms with E-state index in [9.17, 15) is 8.42 Å². The molecule has 1 fully saturated rings. The van der Waals surface area contributed by atoms with E-state index in [4.69, 9.17) is 5.14 Å². The minimum Gasteiger partial charge on any atom is -0.373 e. The molecule has 3 aromatic rings. The third-order valence-electron chi connectivity index (χ3n) is 6.43. The number of nitrogens with zero attached hydrogens (tertiary/aromatic N) is 2. The van der Waals surface area contributed by atoms with Crippen LogP contribution in [0.3, 0.4) is 0 Å². The van der Waals surface area contributed by atoms with Crippen molar-refractivity contribution in [3.63, 3.8) is 0 Å². The summed E-state index contributed by atoms with van der Waals surface area (Å²) < 4.78 is 24.9. The first-order valence-corrected chi connectivity index (χ1v) is 13.2. The van der Waals surface area contributed by atoms with Gasteiger partial charge in [-0.3, -0.25) is 4.90 Å². The quantitative estimate of drug-likeness (QED) is 0.547. The first-order valence-electron chi connectivity index (χ1n) is 11.7. The third kappa shape index (κ3) is 5.60. The van der Waals surface area contributed by atoms with Crippen molar-refractivity contribution in [2.45, 2.75) is 37.2 Å². The molecule has 0 atom stereocenters. The summed E-state index contributed by atoms with van der Waals surface area (Å²) in [6.07, 6.45) is 0. The van der Waals surface area contributed by atoms with Gasteiger partial charge in [-0.25, -0.2) is 13.6 Å². The molecule has 0 unspecified atom stereocenters. The summed E-state index contributed by atoms with van der Waals surface area (Å²) in [5.41, 5.74) is 3.71. The highest BCUT2D eigenvalue weighted by Gasteiger charge is 2.27. The maximum atomic E-state index is 12.5. The Hall–Kier alpha value is -2.87. The predicted molar refractivity (Wildman–Crippen MR) is 140 cm³/mol. The van der Waals surface area contributed by atoms with E-state index in [1.165, 1.54) is 0 Å². The van der Waals surface area contributed by atoms with Gasteiger partial charge in [-0.05, 0) is 50.1 Å². The lowest BCUT2D eigenvalue weighted by Gasteiger charge is -2.43. The van der Waals surface area contributed by atoms with Gasteiger partial charge in [-0.15, -0.1) is 0 Å². The van der Waals surface area contributed by atoms with Crippen molar-refractivity contribution in [1.29, 1.82) is 0 Å². The molecule has 0 spiro atoms. The molecule has 3 aromatic carbocycles. The highest BCUT2D eigenvalue weighted by atomic mass is 32.2. The highest BCUT2D eigenvalue weighted by molar-refractivity contribution is 7.89. The van der Waals surface area contributed by atoms with Crippen molar-refractivity contribution in [3.8, 4) is 0 Å². The van der Waals surface area contributed by atoms with E-state index >= 15 is 0 Å². The van der Waals surface area contributed by atoms with Gasteiger partial charge in [-0.1, -0.05) is 60.7 Å². The lowest BCUT2D eigenvalue weighted by Crippen LogP contribution is -2.53. The highest BCUT2D eigenvalue weighted by Crippen LogP contribution is 2.33. The molecule has 6 nitrogen and oxygen atoms in total. The number of rotatable bonds is 6. The van der Waals surface area contributed by atoms with Gasteiger partial charge in [0.15, 0.2) is 0 Å². The van der Waals surface area contributed by atoms with E-state index in [0.29, 0.717) is 5.69 Å². The van der Waals surface area contributed by atoms with Crippen molar-refractivity contribution in [1.82, 2.24) is 4.90 Å². The number of benzene rings is 3. The summed E-state index contributed by atoms with van der Waals surface area (Å²) in [6.45, 7) is 10.4. The summed E-state index contributed by atoms with van der Waals surface area (Å²) in [5, 5.41) is 9.12. The number of nitrogens with two attached hydrogens (primary N) is 1. The molecule has 7 heteroatoms. The normalized spacial score (nSPS) is 15.5. The second-order valence-electron chi connectivity index (χ2n) is 9.77. The molecule has 0 saturated carbocycles. The third-order valence-corrected chi connectivity index (χ3v) is 7.40. The molecular weight excluding hydrogens is 444 g/mol. The number of hydrogen-bond donors (Lipinski definition) is 2. The molecule has 4 rings (SSSR count). The second kappa shape index (κ2) is 9.78. The molecule has 34 heavy (non-hydrogen) atoms. The molecular formula is C27H34N4O2S. The Morgan fingerprint density at radius 2 is 1.35 bits per heavy atom. The number of sulfonamides is 1. The summed E-state index contributed by atoms with van der Waals surface area (Å²) in [4.78, 5) is 4.88. The van der Waals surface area contributed by atoms with Crippen LogP contribution >= 0.6 is 0 Å². The molecule has 1 aliphatic heterocycles. The number of hydrogen-bond acceptors (Lipinski definition) is 5. The largest absolute Gasteiger partial charge is 0.373 e. The molecule has 0 amide bonds. The summed E-state index contributed by atoms with van der Waals surface area (Å²) in [6, 6.07) is 25.2. The minimum absolute atomic E-state index is 0.0986. The van der Waals surface area contributed by atoms with Gasteiger partial charge in [0.25, 0.3) is 0 Å². The molecule has 0 aromatic heterocycles. The van der Waals surface area contributed by atoms with E-state index < -0.39 is 10.0 Å².